The maximum absolute atomic E-state index is 15.5. The predicted molar refractivity (Wildman–Crippen MR) is 201 cm³/mol. The maximum atomic E-state index is 15.5. The molecule has 0 aliphatic carbocycles. The van der Waals surface area contributed by atoms with E-state index in [-0.39, 0.29) is 88.3 Å². The molecule has 4 aliphatic rings. The van der Waals surface area contributed by atoms with Gasteiger partial charge in [0.15, 0.2) is 33.4 Å². The third-order valence-electron chi connectivity index (χ3n) is 9.59. The minimum Gasteiger partial charge on any atom is -0.490 e. The van der Waals surface area contributed by atoms with Gasteiger partial charge in [-0.25, -0.2) is 31.9 Å². The van der Waals surface area contributed by atoms with Crippen LogP contribution in [0.5, 0.6) is 0 Å². The van der Waals surface area contributed by atoms with Crippen LogP contribution in [0.3, 0.4) is 0 Å². The summed E-state index contributed by atoms with van der Waals surface area (Å²) in [6, 6.07) is 3.46. The minimum absolute atomic E-state index is 0.0127. The van der Waals surface area contributed by atoms with Crippen LogP contribution in [0.2, 0.25) is 0 Å². The van der Waals surface area contributed by atoms with Crippen LogP contribution < -0.4 is 19.6 Å². The number of carbonyl (C=O) groups is 3. The zero-order chi connectivity index (χ0) is 40.1. The van der Waals surface area contributed by atoms with Gasteiger partial charge in [0, 0.05) is 63.3 Å². The van der Waals surface area contributed by atoms with Gasteiger partial charge in [0.25, 0.3) is 0 Å². The lowest BCUT2D eigenvalue weighted by molar-refractivity contribution is -0.169. The average molecular weight is 829 g/mol. The summed E-state index contributed by atoms with van der Waals surface area (Å²) >= 11 is 10.1. The highest BCUT2D eigenvalue weighted by Crippen LogP contribution is 2.34. The molecule has 0 unspecified atom stereocenters. The molecule has 0 bridgehead atoms. The number of hydrogen-bond donors (Lipinski definition) is 0. The Balaban J connectivity index is 1.04. The Morgan fingerprint density at radius 3 is 1.39 bits per heavy atom. The topological polar surface area (TPSA) is 126 Å². The second-order valence-corrected chi connectivity index (χ2v) is 14.0. The van der Waals surface area contributed by atoms with Crippen LogP contribution in [0.1, 0.15) is 25.7 Å². The zero-order valence-corrected chi connectivity index (χ0v) is 32.2. The number of methoxy groups -OCH3 is 2. The standard InChI is InChI=1S/C35H40F4N6O9S2/c1-49-29(55)5-3-23-19-42(34(47)53-23)21-15-25(36)31(26(37)16-21)40-7-9-44(51-13-11-40)33(46)45-10-8-41(12-14-52-45)32-27(38)17-22(18-28(32)39)43-20-24(54-35(43)48)4-6-30(56)50-2/h15-18,23-24H,3-14,19-20H2,1-2H3/t23-,24-/m0/s1. The highest BCUT2D eigenvalue weighted by atomic mass is 32.1. The lowest BCUT2D eigenvalue weighted by Crippen LogP contribution is -2.45. The summed E-state index contributed by atoms with van der Waals surface area (Å²) < 4.78 is 82.6. The van der Waals surface area contributed by atoms with Crippen molar-refractivity contribution in [2.45, 2.75) is 37.9 Å². The number of hydroxylamine groups is 4. The molecule has 21 heteroatoms. The van der Waals surface area contributed by atoms with Crippen molar-refractivity contribution in [2.24, 2.45) is 0 Å². The van der Waals surface area contributed by atoms with Crippen LogP contribution in [0.25, 0.3) is 0 Å². The fraction of sp³-hybridized carbons (Fsp3) is 0.514. The van der Waals surface area contributed by atoms with Gasteiger partial charge in [-0.2, -0.15) is 10.1 Å². The van der Waals surface area contributed by atoms with Gasteiger partial charge in [0.2, 0.25) is 0 Å². The van der Waals surface area contributed by atoms with Gasteiger partial charge in [-0.15, -0.1) is 0 Å². The van der Waals surface area contributed by atoms with Gasteiger partial charge >= 0.3 is 18.2 Å². The fourth-order valence-corrected chi connectivity index (χ4v) is 6.95. The summed E-state index contributed by atoms with van der Waals surface area (Å²) in [4.78, 5) is 54.8. The molecule has 304 valence electrons. The molecule has 2 atom stereocenters. The normalized spacial score (nSPS) is 20.5. The van der Waals surface area contributed by atoms with Crippen LogP contribution in [0, 0.1) is 23.3 Å². The van der Waals surface area contributed by atoms with Gasteiger partial charge < -0.3 is 28.7 Å². The number of amides is 4. The van der Waals surface area contributed by atoms with Crippen LogP contribution in [0.4, 0.5) is 54.7 Å². The van der Waals surface area contributed by atoms with E-state index in [9.17, 15) is 14.4 Å². The number of ether oxygens (including phenoxy) is 4. The lowest BCUT2D eigenvalue weighted by atomic mass is 10.2. The number of carbonyl (C=O) groups excluding carboxylic acids is 3. The Morgan fingerprint density at radius 1 is 0.661 bits per heavy atom. The Kier molecular flexibility index (Phi) is 13.2. The number of halogens is 4. The third-order valence-corrected chi connectivity index (χ3v) is 10.3. The number of cyclic esters (lactones) is 2. The monoisotopic (exact) mass is 828 g/mol. The summed E-state index contributed by atoms with van der Waals surface area (Å²) in [5.74, 6) is -3.69. The molecule has 0 saturated carbocycles. The van der Waals surface area contributed by atoms with Gasteiger partial charge in [0.1, 0.15) is 23.6 Å². The van der Waals surface area contributed by atoms with Crippen LogP contribution in [0.15, 0.2) is 24.3 Å². The SMILES string of the molecule is COC(=S)CC[C@H]1CN(c2cc(F)c(N3CCON(C(=O)N4CCN(c5c(F)cc(N6C[C@H](CCC(=S)OC)OC6=O)cc5F)CCO4)CC3)c(F)c2)C(=O)O1. The highest BCUT2D eigenvalue weighted by Gasteiger charge is 2.36. The highest BCUT2D eigenvalue weighted by molar-refractivity contribution is 7.80. The first-order valence-electron chi connectivity index (χ1n) is 17.8. The molecule has 6 rings (SSSR count). The van der Waals surface area contributed by atoms with E-state index in [0.29, 0.717) is 35.8 Å². The Morgan fingerprint density at radius 2 is 1.04 bits per heavy atom. The number of anilines is 4. The molecule has 0 radical (unpaired) electrons. The van der Waals surface area contributed by atoms with Gasteiger partial charge in [0.05, 0.1) is 65.0 Å². The summed E-state index contributed by atoms with van der Waals surface area (Å²) in [7, 11) is 2.89. The smallest absolute Gasteiger partial charge is 0.414 e. The van der Waals surface area contributed by atoms with E-state index in [1.54, 1.807) is 0 Å². The fourth-order valence-electron chi connectivity index (χ4n) is 6.72. The number of urea groups is 1. The average Bonchev–Trinajstić information content (AvgIpc) is 3.50. The largest absolute Gasteiger partial charge is 0.490 e. The zero-order valence-electron chi connectivity index (χ0n) is 30.5. The Bertz CT molecular complexity index is 1680. The first-order chi connectivity index (χ1) is 26.9. The van der Waals surface area contributed by atoms with Crippen molar-refractivity contribution in [3.8, 4) is 0 Å². The number of rotatable bonds is 10. The molecule has 0 N–H and O–H groups in total. The van der Waals surface area contributed by atoms with Crippen LogP contribution in [-0.4, -0.2) is 130 Å². The molecule has 4 amide bonds. The van der Waals surface area contributed by atoms with E-state index < -0.39 is 53.7 Å². The summed E-state index contributed by atoms with van der Waals surface area (Å²) in [5.41, 5.74) is -0.736. The molecule has 4 fully saturated rings. The molecule has 0 aromatic heterocycles. The van der Waals surface area contributed by atoms with Crippen molar-refractivity contribution in [1.29, 1.82) is 0 Å². The second kappa shape index (κ2) is 18.0. The van der Waals surface area contributed by atoms with E-state index in [1.807, 2.05) is 0 Å². The predicted octanol–water partition coefficient (Wildman–Crippen LogP) is 5.33. The maximum Gasteiger partial charge on any atom is 0.414 e. The number of nitrogens with zero attached hydrogens (tertiary/aromatic N) is 6. The van der Waals surface area contributed by atoms with Crippen molar-refractivity contribution in [3.05, 3.63) is 47.5 Å². The molecule has 2 aromatic carbocycles. The van der Waals surface area contributed by atoms with E-state index in [4.69, 9.17) is 53.1 Å². The van der Waals surface area contributed by atoms with E-state index in [2.05, 4.69) is 0 Å². The van der Waals surface area contributed by atoms with Crippen molar-refractivity contribution in [1.82, 2.24) is 10.1 Å². The van der Waals surface area contributed by atoms with Crippen LogP contribution in [-0.2, 0) is 28.6 Å². The lowest BCUT2D eigenvalue weighted by Gasteiger charge is -2.27. The van der Waals surface area contributed by atoms with Crippen molar-refractivity contribution in [3.63, 3.8) is 0 Å². The molecule has 4 heterocycles. The van der Waals surface area contributed by atoms with E-state index >= 15 is 17.6 Å². The van der Waals surface area contributed by atoms with E-state index in [0.717, 1.165) is 44.2 Å². The first-order valence-corrected chi connectivity index (χ1v) is 18.6. The summed E-state index contributed by atoms with van der Waals surface area (Å²) in [5, 5.41) is 2.70. The summed E-state index contributed by atoms with van der Waals surface area (Å²) in [6.45, 7) is -0.332. The molecular weight excluding hydrogens is 789 g/mol. The Labute approximate surface area is 330 Å². The van der Waals surface area contributed by atoms with Gasteiger partial charge in [-0.1, -0.05) is 0 Å². The van der Waals surface area contributed by atoms with Crippen LogP contribution >= 0.6 is 24.4 Å². The minimum atomic E-state index is -0.923. The molecule has 2 aromatic rings. The van der Waals surface area contributed by atoms with Crippen molar-refractivity contribution in [2.75, 3.05) is 99.4 Å². The van der Waals surface area contributed by atoms with Crippen molar-refractivity contribution >= 4 is 75.5 Å². The first kappa shape index (κ1) is 40.9. The molecule has 56 heavy (non-hydrogen) atoms. The van der Waals surface area contributed by atoms with Crippen molar-refractivity contribution < 1.29 is 60.6 Å². The molecule has 4 aliphatic heterocycles. The molecule has 4 saturated heterocycles. The van der Waals surface area contributed by atoms with Gasteiger partial charge in [-0.3, -0.25) is 19.5 Å². The van der Waals surface area contributed by atoms with Gasteiger partial charge in [-0.05, 0) is 37.3 Å². The molecule has 0 spiro atoms. The Hall–Kier alpha value is -4.73. The second-order valence-electron chi connectivity index (χ2n) is 13.1. The molecular formula is C35H40F4N6O9S2. The quantitative estimate of drug-likeness (QED) is 0.227. The summed E-state index contributed by atoms with van der Waals surface area (Å²) in [6.07, 6.45) is -1.02. The molecule has 15 nitrogen and oxygen atoms in total. The number of thiocarbonyl (C=S) groups is 2. The number of hydrogen-bond acceptors (Lipinski definition) is 13. The third kappa shape index (κ3) is 9.27. The van der Waals surface area contributed by atoms with E-state index in [1.165, 1.54) is 24.0 Å². The number of benzene rings is 2.